The number of nitrogens with one attached hydrogen (secondary N) is 1. The lowest BCUT2D eigenvalue weighted by atomic mass is 10.1. The van der Waals surface area contributed by atoms with Gasteiger partial charge in [0.25, 0.3) is 0 Å². The third kappa shape index (κ3) is 5.04. The highest BCUT2D eigenvalue weighted by Gasteiger charge is 2.23. The Labute approximate surface area is 163 Å². The molecule has 2 heterocycles. The summed E-state index contributed by atoms with van der Waals surface area (Å²) in [5, 5.41) is 4.29. The lowest BCUT2D eigenvalue weighted by molar-refractivity contribution is 0.342. The summed E-state index contributed by atoms with van der Waals surface area (Å²) in [5.41, 5.74) is 1.21. The largest absolute Gasteiger partial charge is 0.368 e. The highest BCUT2D eigenvalue weighted by Crippen LogP contribution is 2.21. The normalized spacial score (nSPS) is 22.1. The summed E-state index contributed by atoms with van der Waals surface area (Å²) in [7, 11) is 0. The van der Waals surface area contributed by atoms with E-state index < -0.39 is 0 Å². The number of hydrogen-bond donors (Lipinski definition) is 1. The summed E-state index contributed by atoms with van der Waals surface area (Å²) >= 11 is 6.14. The highest BCUT2D eigenvalue weighted by molar-refractivity contribution is 6.30. The molecule has 3 rings (SSSR count). The smallest absolute Gasteiger partial charge is 0.194 e. The second kappa shape index (κ2) is 9.47. The Morgan fingerprint density at radius 2 is 2.00 bits per heavy atom. The Morgan fingerprint density at radius 3 is 2.65 bits per heavy atom. The molecule has 2 aliphatic rings. The molecule has 0 amide bonds. The van der Waals surface area contributed by atoms with Crippen LogP contribution >= 0.6 is 11.6 Å². The van der Waals surface area contributed by atoms with Gasteiger partial charge in [-0.25, -0.2) is 0 Å². The minimum Gasteiger partial charge on any atom is -0.368 e. The zero-order valence-corrected chi connectivity index (χ0v) is 16.9. The van der Waals surface area contributed by atoms with Crippen molar-refractivity contribution in [3.8, 4) is 0 Å². The molecule has 1 unspecified atom stereocenters. The van der Waals surface area contributed by atoms with E-state index in [2.05, 4.69) is 46.0 Å². The first-order chi connectivity index (χ1) is 12.7. The number of anilines is 1. The zero-order chi connectivity index (χ0) is 18.4. The number of likely N-dealkylation sites (tertiary alicyclic amines) is 1. The fraction of sp³-hybridized carbons (Fsp3) is 0.650. The standard InChI is InChI=1S/C20H32ClN5/c1-3-22-20(23-15-17-8-9-24(4-2)16-17)26-12-10-25(11-13-26)19-7-5-6-18(21)14-19/h5-7,14,17H,3-4,8-13,15-16H2,1-2H3,(H,22,23). The van der Waals surface area contributed by atoms with Crippen LogP contribution in [-0.4, -0.2) is 74.7 Å². The van der Waals surface area contributed by atoms with E-state index in [4.69, 9.17) is 16.6 Å². The third-order valence-electron chi connectivity index (χ3n) is 5.40. The van der Waals surface area contributed by atoms with Crippen molar-refractivity contribution < 1.29 is 0 Å². The second-order valence-electron chi connectivity index (χ2n) is 7.20. The summed E-state index contributed by atoms with van der Waals surface area (Å²) < 4.78 is 0. The van der Waals surface area contributed by atoms with Gasteiger partial charge in [0.1, 0.15) is 0 Å². The summed E-state index contributed by atoms with van der Waals surface area (Å²) in [5.74, 6) is 1.78. The topological polar surface area (TPSA) is 34.1 Å². The molecule has 0 aliphatic carbocycles. The van der Waals surface area contributed by atoms with Gasteiger partial charge in [0.2, 0.25) is 0 Å². The van der Waals surface area contributed by atoms with Crippen LogP contribution in [-0.2, 0) is 0 Å². The van der Waals surface area contributed by atoms with E-state index in [9.17, 15) is 0 Å². The third-order valence-corrected chi connectivity index (χ3v) is 5.64. The number of benzene rings is 1. The summed E-state index contributed by atoms with van der Waals surface area (Å²) in [6, 6.07) is 8.15. The van der Waals surface area contributed by atoms with Crippen molar-refractivity contribution in [1.82, 2.24) is 15.1 Å². The first kappa shape index (κ1) is 19.3. The molecular formula is C20H32ClN5. The van der Waals surface area contributed by atoms with Gasteiger partial charge in [-0.15, -0.1) is 0 Å². The number of aliphatic imine (C=N–C) groups is 1. The molecule has 0 saturated carbocycles. The first-order valence-corrected chi connectivity index (χ1v) is 10.3. The first-order valence-electron chi connectivity index (χ1n) is 9.95. The fourth-order valence-corrected chi connectivity index (χ4v) is 4.02. The molecule has 1 N–H and O–H groups in total. The Balaban J connectivity index is 1.55. The fourth-order valence-electron chi connectivity index (χ4n) is 3.84. The van der Waals surface area contributed by atoms with Gasteiger partial charge < -0.3 is 20.0 Å². The molecule has 5 nitrogen and oxygen atoms in total. The molecule has 0 aromatic heterocycles. The predicted octanol–water partition coefficient (Wildman–Crippen LogP) is 2.77. The van der Waals surface area contributed by atoms with E-state index in [1.54, 1.807) is 0 Å². The molecule has 144 valence electrons. The van der Waals surface area contributed by atoms with Gasteiger partial charge in [0.15, 0.2) is 5.96 Å². The van der Waals surface area contributed by atoms with Crippen LogP contribution < -0.4 is 10.2 Å². The van der Waals surface area contributed by atoms with Crippen molar-refractivity contribution in [2.45, 2.75) is 20.3 Å². The molecule has 2 fully saturated rings. The van der Waals surface area contributed by atoms with Crippen LogP contribution in [0.25, 0.3) is 0 Å². The summed E-state index contributed by atoms with van der Waals surface area (Å²) in [4.78, 5) is 12.3. The van der Waals surface area contributed by atoms with Crippen molar-refractivity contribution in [3.05, 3.63) is 29.3 Å². The summed E-state index contributed by atoms with van der Waals surface area (Å²) in [6.45, 7) is 13.8. The highest BCUT2D eigenvalue weighted by atomic mass is 35.5. The van der Waals surface area contributed by atoms with Crippen molar-refractivity contribution in [2.75, 3.05) is 63.8 Å². The van der Waals surface area contributed by atoms with Crippen LogP contribution in [0.3, 0.4) is 0 Å². The Kier molecular flexibility index (Phi) is 7.03. The molecule has 1 atom stereocenters. The van der Waals surface area contributed by atoms with E-state index in [0.717, 1.165) is 56.8 Å². The molecule has 2 saturated heterocycles. The van der Waals surface area contributed by atoms with Gasteiger partial charge in [0, 0.05) is 56.5 Å². The molecule has 0 spiro atoms. The maximum atomic E-state index is 6.14. The Bertz CT molecular complexity index is 598. The molecule has 6 heteroatoms. The van der Waals surface area contributed by atoms with Crippen LogP contribution in [0.15, 0.2) is 29.3 Å². The predicted molar refractivity (Wildman–Crippen MR) is 111 cm³/mol. The molecule has 2 aliphatic heterocycles. The van der Waals surface area contributed by atoms with Gasteiger partial charge in [-0.2, -0.15) is 0 Å². The molecule has 26 heavy (non-hydrogen) atoms. The molecular weight excluding hydrogens is 346 g/mol. The molecule has 0 radical (unpaired) electrons. The number of guanidine groups is 1. The quantitative estimate of drug-likeness (QED) is 0.632. The SMILES string of the molecule is CCNC(=NCC1CCN(CC)C1)N1CCN(c2cccc(Cl)c2)CC1. The molecule has 0 bridgehead atoms. The van der Waals surface area contributed by atoms with Crippen molar-refractivity contribution in [3.63, 3.8) is 0 Å². The maximum Gasteiger partial charge on any atom is 0.194 e. The number of rotatable bonds is 5. The van der Waals surface area contributed by atoms with Crippen molar-refractivity contribution >= 4 is 23.2 Å². The van der Waals surface area contributed by atoms with Gasteiger partial charge in [-0.05, 0) is 50.6 Å². The van der Waals surface area contributed by atoms with E-state index >= 15 is 0 Å². The van der Waals surface area contributed by atoms with Gasteiger partial charge >= 0.3 is 0 Å². The minimum atomic E-state index is 0.705. The van der Waals surface area contributed by atoms with E-state index in [-0.39, 0.29) is 0 Å². The Morgan fingerprint density at radius 1 is 1.19 bits per heavy atom. The lowest BCUT2D eigenvalue weighted by Gasteiger charge is -2.37. The summed E-state index contributed by atoms with van der Waals surface area (Å²) in [6.07, 6.45) is 1.28. The maximum absolute atomic E-state index is 6.14. The van der Waals surface area contributed by atoms with Crippen LogP contribution in [0, 0.1) is 5.92 Å². The van der Waals surface area contributed by atoms with Crippen LogP contribution in [0.1, 0.15) is 20.3 Å². The van der Waals surface area contributed by atoms with E-state index in [1.165, 1.54) is 25.2 Å². The van der Waals surface area contributed by atoms with Gasteiger partial charge in [-0.3, -0.25) is 4.99 Å². The van der Waals surface area contributed by atoms with Crippen LogP contribution in [0.4, 0.5) is 5.69 Å². The minimum absolute atomic E-state index is 0.705. The van der Waals surface area contributed by atoms with Gasteiger partial charge in [-0.1, -0.05) is 24.6 Å². The van der Waals surface area contributed by atoms with Crippen molar-refractivity contribution in [2.24, 2.45) is 10.9 Å². The van der Waals surface area contributed by atoms with Crippen molar-refractivity contribution in [1.29, 1.82) is 0 Å². The van der Waals surface area contributed by atoms with E-state index in [0.29, 0.717) is 5.92 Å². The monoisotopic (exact) mass is 377 g/mol. The Hall–Kier alpha value is -1.46. The zero-order valence-electron chi connectivity index (χ0n) is 16.1. The number of halogens is 1. The van der Waals surface area contributed by atoms with Crippen LogP contribution in [0.5, 0.6) is 0 Å². The molecule has 1 aromatic carbocycles. The van der Waals surface area contributed by atoms with Gasteiger partial charge in [0.05, 0.1) is 0 Å². The number of hydrogen-bond acceptors (Lipinski definition) is 3. The van der Waals surface area contributed by atoms with Crippen LogP contribution in [0.2, 0.25) is 5.02 Å². The molecule has 1 aromatic rings. The lowest BCUT2D eigenvalue weighted by Crippen LogP contribution is -2.52. The number of piperazine rings is 1. The average Bonchev–Trinajstić information content (AvgIpc) is 3.13. The number of nitrogens with zero attached hydrogens (tertiary/aromatic N) is 4. The second-order valence-corrected chi connectivity index (χ2v) is 7.63. The average molecular weight is 378 g/mol. The van der Waals surface area contributed by atoms with E-state index in [1.807, 2.05) is 12.1 Å².